The van der Waals surface area contributed by atoms with Crippen LogP contribution in [-0.2, 0) is 9.59 Å². The molecule has 2 N–H and O–H groups in total. The predicted molar refractivity (Wildman–Crippen MR) is 103 cm³/mol. The van der Waals surface area contributed by atoms with Crippen molar-refractivity contribution in [3.8, 4) is 0 Å². The molecule has 26 heavy (non-hydrogen) atoms. The third-order valence-electron chi connectivity index (χ3n) is 6.93. The van der Waals surface area contributed by atoms with Crippen LogP contribution in [0.2, 0.25) is 0 Å². The molecule has 0 radical (unpaired) electrons. The highest BCUT2D eigenvalue weighted by atomic mass is 16.2. The molecule has 0 bridgehead atoms. The molecule has 0 spiro atoms. The second-order valence-corrected chi connectivity index (χ2v) is 8.84. The summed E-state index contributed by atoms with van der Waals surface area (Å²) in [6.45, 7) is 2.62. The minimum absolute atomic E-state index is 0.250. The summed E-state index contributed by atoms with van der Waals surface area (Å²) in [6.07, 6.45) is 14.0. The van der Waals surface area contributed by atoms with Crippen LogP contribution in [0, 0.1) is 5.92 Å². The van der Waals surface area contributed by atoms with E-state index in [1.807, 2.05) is 11.9 Å². The van der Waals surface area contributed by atoms with Crippen LogP contribution in [0.1, 0.15) is 77.0 Å². The Balaban J connectivity index is 1.36. The minimum Gasteiger partial charge on any atom is -0.353 e. The van der Waals surface area contributed by atoms with Crippen molar-refractivity contribution in [2.24, 2.45) is 5.92 Å². The van der Waals surface area contributed by atoms with Gasteiger partial charge in [-0.05, 0) is 25.7 Å². The van der Waals surface area contributed by atoms with Crippen LogP contribution in [0.25, 0.3) is 0 Å². The molecule has 3 fully saturated rings. The van der Waals surface area contributed by atoms with E-state index in [0.29, 0.717) is 24.5 Å². The van der Waals surface area contributed by atoms with Crippen molar-refractivity contribution in [1.82, 2.24) is 10.2 Å². The first-order valence-corrected chi connectivity index (χ1v) is 11.0. The summed E-state index contributed by atoms with van der Waals surface area (Å²) in [7, 11) is 1.99. The zero-order valence-corrected chi connectivity index (χ0v) is 16.6. The first-order chi connectivity index (χ1) is 12.6. The average molecular weight is 365 g/mol. The van der Waals surface area contributed by atoms with E-state index in [2.05, 4.69) is 5.32 Å². The van der Waals surface area contributed by atoms with Gasteiger partial charge in [0.05, 0.1) is 13.1 Å². The number of hydrogen-bond donors (Lipinski definition) is 2. The molecule has 0 aromatic carbocycles. The number of carbonyl (C=O) groups excluding carboxylic acids is 2. The summed E-state index contributed by atoms with van der Waals surface area (Å²) in [5, 5.41) is 3.29. The molecule has 1 saturated heterocycles. The molecule has 3 rings (SSSR count). The maximum atomic E-state index is 12.6. The first kappa shape index (κ1) is 19.7. The van der Waals surface area contributed by atoms with E-state index in [0.717, 1.165) is 38.8 Å². The number of likely N-dealkylation sites (tertiary alicyclic amines) is 1. The van der Waals surface area contributed by atoms with Crippen molar-refractivity contribution in [1.29, 1.82) is 0 Å². The van der Waals surface area contributed by atoms with Crippen molar-refractivity contribution in [2.75, 3.05) is 26.7 Å². The number of rotatable bonds is 5. The van der Waals surface area contributed by atoms with E-state index in [9.17, 15) is 9.59 Å². The molecule has 5 heteroatoms. The van der Waals surface area contributed by atoms with Crippen LogP contribution in [-0.4, -0.2) is 55.5 Å². The van der Waals surface area contributed by atoms with Crippen LogP contribution in [0.5, 0.6) is 0 Å². The number of quaternary nitrogens is 1. The fourth-order valence-corrected chi connectivity index (χ4v) is 5.04. The lowest BCUT2D eigenvalue weighted by atomic mass is 9.88. The Labute approximate surface area is 158 Å². The van der Waals surface area contributed by atoms with Gasteiger partial charge < -0.3 is 15.1 Å². The monoisotopic (exact) mass is 364 g/mol. The molecule has 2 amide bonds. The Hall–Kier alpha value is -1.10. The van der Waals surface area contributed by atoms with Crippen LogP contribution in [0.3, 0.4) is 0 Å². The van der Waals surface area contributed by atoms with Crippen LogP contribution in [0.15, 0.2) is 0 Å². The number of amides is 2. The number of nitrogens with zero attached hydrogens (tertiary/aromatic N) is 1. The fraction of sp³-hybridized carbons (Fsp3) is 0.905. The number of hydrogen-bond acceptors (Lipinski definition) is 2. The Morgan fingerprint density at radius 1 is 0.885 bits per heavy atom. The Kier molecular flexibility index (Phi) is 7.35. The average Bonchev–Trinajstić information content (AvgIpc) is 2.70. The molecular formula is C21H38N3O2+. The van der Waals surface area contributed by atoms with Gasteiger partial charge in [-0.25, -0.2) is 0 Å². The summed E-state index contributed by atoms with van der Waals surface area (Å²) in [4.78, 5) is 28.4. The van der Waals surface area contributed by atoms with Gasteiger partial charge in [0, 0.05) is 37.9 Å². The van der Waals surface area contributed by atoms with Gasteiger partial charge >= 0.3 is 0 Å². The number of carbonyl (C=O) groups is 2. The Bertz CT molecular complexity index is 462. The van der Waals surface area contributed by atoms with Crippen molar-refractivity contribution < 1.29 is 14.5 Å². The van der Waals surface area contributed by atoms with Crippen molar-refractivity contribution in [2.45, 2.75) is 89.1 Å². The van der Waals surface area contributed by atoms with Gasteiger partial charge in [-0.1, -0.05) is 38.5 Å². The van der Waals surface area contributed by atoms with Gasteiger partial charge in [-0.15, -0.1) is 0 Å². The highest BCUT2D eigenvalue weighted by Crippen LogP contribution is 2.24. The predicted octanol–water partition coefficient (Wildman–Crippen LogP) is 1.52. The summed E-state index contributed by atoms with van der Waals surface area (Å²) < 4.78 is 0. The summed E-state index contributed by atoms with van der Waals surface area (Å²) >= 11 is 0. The third-order valence-corrected chi connectivity index (χ3v) is 6.93. The molecule has 148 valence electrons. The van der Waals surface area contributed by atoms with E-state index < -0.39 is 0 Å². The van der Waals surface area contributed by atoms with Crippen molar-refractivity contribution in [3.05, 3.63) is 0 Å². The van der Waals surface area contributed by atoms with E-state index in [-0.39, 0.29) is 11.8 Å². The molecule has 0 aromatic heterocycles. The SMILES string of the molecule is CN(C(=O)C[NH+]1CCC(NC(=O)C2CCCCC2)CC1)C1CCCCC1. The summed E-state index contributed by atoms with van der Waals surface area (Å²) in [5.41, 5.74) is 0. The summed E-state index contributed by atoms with van der Waals surface area (Å²) in [5.74, 6) is 0.836. The van der Waals surface area contributed by atoms with Gasteiger partial charge in [-0.2, -0.15) is 0 Å². The lowest BCUT2D eigenvalue weighted by molar-refractivity contribution is -0.897. The fourth-order valence-electron chi connectivity index (χ4n) is 5.04. The molecule has 1 aliphatic heterocycles. The zero-order valence-electron chi connectivity index (χ0n) is 16.6. The lowest BCUT2D eigenvalue weighted by Gasteiger charge is -2.34. The quantitative estimate of drug-likeness (QED) is 0.777. The minimum atomic E-state index is 0.250. The zero-order chi connectivity index (χ0) is 18.4. The normalized spacial score (nSPS) is 28.5. The Morgan fingerprint density at radius 2 is 1.46 bits per heavy atom. The molecule has 3 aliphatic rings. The topological polar surface area (TPSA) is 53.9 Å². The second-order valence-electron chi connectivity index (χ2n) is 8.84. The number of likely N-dealkylation sites (N-methyl/N-ethyl adjacent to an activating group) is 1. The smallest absolute Gasteiger partial charge is 0.277 e. The van der Waals surface area contributed by atoms with Gasteiger partial charge in [0.1, 0.15) is 0 Å². The third kappa shape index (κ3) is 5.45. The second kappa shape index (κ2) is 9.72. The number of nitrogens with one attached hydrogen (secondary N) is 2. The van der Waals surface area contributed by atoms with Gasteiger partial charge in [0.15, 0.2) is 6.54 Å². The van der Waals surface area contributed by atoms with Gasteiger partial charge in [0.25, 0.3) is 5.91 Å². The van der Waals surface area contributed by atoms with Gasteiger partial charge in [0.2, 0.25) is 5.91 Å². The van der Waals surface area contributed by atoms with E-state index in [1.54, 1.807) is 0 Å². The summed E-state index contributed by atoms with van der Waals surface area (Å²) in [6, 6.07) is 0.780. The maximum Gasteiger partial charge on any atom is 0.277 e. The molecule has 5 nitrogen and oxygen atoms in total. The standard InChI is InChI=1S/C21H37N3O2/c1-23(19-10-6-3-7-11-19)20(25)16-24-14-12-18(13-15-24)22-21(26)17-8-4-2-5-9-17/h17-19H,2-16H2,1H3,(H,22,26)/p+1. The highest BCUT2D eigenvalue weighted by Gasteiger charge is 2.30. The van der Waals surface area contributed by atoms with E-state index >= 15 is 0 Å². The van der Waals surface area contributed by atoms with Crippen LogP contribution in [0.4, 0.5) is 0 Å². The molecule has 2 saturated carbocycles. The first-order valence-electron chi connectivity index (χ1n) is 11.0. The molecular weight excluding hydrogens is 326 g/mol. The number of piperidine rings is 1. The molecule has 2 aliphatic carbocycles. The van der Waals surface area contributed by atoms with Crippen molar-refractivity contribution >= 4 is 11.8 Å². The van der Waals surface area contributed by atoms with Crippen LogP contribution < -0.4 is 10.2 Å². The van der Waals surface area contributed by atoms with Crippen molar-refractivity contribution in [3.63, 3.8) is 0 Å². The highest BCUT2D eigenvalue weighted by molar-refractivity contribution is 5.79. The largest absolute Gasteiger partial charge is 0.353 e. The lowest BCUT2D eigenvalue weighted by Crippen LogP contribution is -3.14. The van der Waals surface area contributed by atoms with E-state index in [4.69, 9.17) is 0 Å². The molecule has 0 atom stereocenters. The van der Waals surface area contributed by atoms with Gasteiger partial charge in [-0.3, -0.25) is 9.59 Å². The Morgan fingerprint density at radius 3 is 2.08 bits per heavy atom. The molecule has 0 aromatic rings. The van der Waals surface area contributed by atoms with E-state index in [1.165, 1.54) is 56.3 Å². The molecule has 0 unspecified atom stereocenters. The van der Waals surface area contributed by atoms with Crippen LogP contribution >= 0.6 is 0 Å². The maximum absolute atomic E-state index is 12.6. The molecule has 1 heterocycles.